The maximum Gasteiger partial charge on any atom is 0.125 e. The normalized spacial score (nSPS) is 20.3. The molecule has 1 aliphatic rings. The number of benzene rings is 1. The third-order valence-electron chi connectivity index (χ3n) is 2.79. The minimum atomic E-state index is -0.346. The SMILES string of the molecule is Fc1cc(Cl)c(NCC2CCCCO2)c(Br)c1. The molecule has 1 unspecified atom stereocenters. The highest BCUT2D eigenvalue weighted by Gasteiger charge is 2.15. The van der Waals surface area contributed by atoms with Crippen molar-refractivity contribution >= 4 is 33.2 Å². The van der Waals surface area contributed by atoms with E-state index in [0.29, 0.717) is 16.0 Å². The molecule has 2 nitrogen and oxygen atoms in total. The van der Waals surface area contributed by atoms with E-state index in [0.717, 1.165) is 25.1 Å². The quantitative estimate of drug-likeness (QED) is 0.899. The van der Waals surface area contributed by atoms with Crippen LogP contribution < -0.4 is 5.32 Å². The largest absolute Gasteiger partial charge is 0.380 e. The van der Waals surface area contributed by atoms with Gasteiger partial charge < -0.3 is 10.1 Å². The topological polar surface area (TPSA) is 21.3 Å². The fourth-order valence-corrected chi connectivity index (χ4v) is 2.85. The van der Waals surface area contributed by atoms with Crippen molar-refractivity contribution in [1.82, 2.24) is 0 Å². The van der Waals surface area contributed by atoms with Crippen molar-refractivity contribution in [2.75, 3.05) is 18.5 Å². The van der Waals surface area contributed by atoms with Crippen LogP contribution in [0.15, 0.2) is 16.6 Å². The summed E-state index contributed by atoms with van der Waals surface area (Å²) in [5.74, 6) is -0.346. The second-order valence-corrected chi connectivity index (χ2v) is 5.38. The number of ether oxygens (including phenoxy) is 1. The van der Waals surface area contributed by atoms with E-state index in [1.165, 1.54) is 18.6 Å². The molecule has 0 spiro atoms. The molecule has 1 saturated heterocycles. The van der Waals surface area contributed by atoms with Crippen LogP contribution in [0, 0.1) is 5.82 Å². The summed E-state index contributed by atoms with van der Waals surface area (Å²) in [6.07, 6.45) is 3.61. The van der Waals surface area contributed by atoms with Gasteiger partial charge in [0.05, 0.1) is 16.8 Å². The summed E-state index contributed by atoms with van der Waals surface area (Å²) < 4.78 is 19.3. The van der Waals surface area contributed by atoms with Gasteiger partial charge in [-0.25, -0.2) is 4.39 Å². The van der Waals surface area contributed by atoms with Gasteiger partial charge in [-0.05, 0) is 47.3 Å². The van der Waals surface area contributed by atoms with Crippen LogP contribution in [0.5, 0.6) is 0 Å². The summed E-state index contributed by atoms with van der Waals surface area (Å²) in [7, 11) is 0. The molecule has 0 amide bonds. The summed E-state index contributed by atoms with van der Waals surface area (Å²) >= 11 is 9.27. The van der Waals surface area contributed by atoms with Crippen molar-refractivity contribution in [3.63, 3.8) is 0 Å². The third-order valence-corrected chi connectivity index (χ3v) is 3.71. The molecule has 1 N–H and O–H groups in total. The van der Waals surface area contributed by atoms with Crippen molar-refractivity contribution in [3.05, 3.63) is 27.4 Å². The van der Waals surface area contributed by atoms with Crippen LogP contribution in [0.25, 0.3) is 0 Å². The zero-order valence-electron chi connectivity index (χ0n) is 9.31. The minimum Gasteiger partial charge on any atom is -0.380 e. The highest BCUT2D eigenvalue weighted by atomic mass is 79.9. The first-order valence-corrected chi connectivity index (χ1v) is 6.84. The van der Waals surface area contributed by atoms with E-state index < -0.39 is 0 Å². The molecule has 1 aromatic carbocycles. The molecule has 1 heterocycles. The highest BCUT2D eigenvalue weighted by Crippen LogP contribution is 2.31. The first-order valence-electron chi connectivity index (χ1n) is 5.67. The van der Waals surface area contributed by atoms with Crippen LogP contribution >= 0.6 is 27.5 Å². The summed E-state index contributed by atoms with van der Waals surface area (Å²) in [5, 5.41) is 3.59. The predicted molar refractivity (Wildman–Crippen MR) is 71.2 cm³/mol. The number of hydrogen-bond acceptors (Lipinski definition) is 2. The van der Waals surface area contributed by atoms with E-state index in [1.807, 2.05) is 0 Å². The monoisotopic (exact) mass is 321 g/mol. The van der Waals surface area contributed by atoms with Crippen molar-refractivity contribution < 1.29 is 9.13 Å². The summed E-state index contributed by atoms with van der Waals surface area (Å²) in [6.45, 7) is 1.52. The van der Waals surface area contributed by atoms with Crippen molar-refractivity contribution in [2.24, 2.45) is 0 Å². The fourth-order valence-electron chi connectivity index (χ4n) is 1.90. The Kier molecular flexibility index (Phi) is 4.65. The van der Waals surface area contributed by atoms with Gasteiger partial charge in [-0.3, -0.25) is 0 Å². The number of nitrogens with one attached hydrogen (secondary N) is 1. The van der Waals surface area contributed by atoms with E-state index in [9.17, 15) is 4.39 Å². The highest BCUT2D eigenvalue weighted by molar-refractivity contribution is 9.10. The average molecular weight is 323 g/mol. The average Bonchev–Trinajstić information content (AvgIpc) is 2.29. The van der Waals surface area contributed by atoms with E-state index in [-0.39, 0.29) is 11.9 Å². The van der Waals surface area contributed by atoms with Crippen molar-refractivity contribution in [1.29, 1.82) is 0 Å². The van der Waals surface area contributed by atoms with E-state index in [1.54, 1.807) is 0 Å². The third kappa shape index (κ3) is 3.57. The van der Waals surface area contributed by atoms with Gasteiger partial charge in [0.15, 0.2) is 0 Å². The van der Waals surface area contributed by atoms with Crippen LogP contribution in [0.3, 0.4) is 0 Å². The molecule has 0 aromatic heterocycles. The van der Waals surface area contributed by atoms with Gasteiger partial charge in [-0.1, -0.05) is 11.6 Å². The molecule has 0 radical (unpaired) electrons. The smallest absolute Gasteiger partial charge is 0.125 e. The Balaban J connectivity index is 1.98. The zero-order valence-corrected chi connectivity index (χ0v) is 11.7. The van der Waals surface area contributed by atoms with Crippen LogP contribution in [0.2, 0.25) is 5.02 Å². The molecule has 1 aromatic rings. The van der Waals surface area contributed by atoms with E-state index >= 15 is 0 Å². The molecule has 1 aliphatic heterocycles. The number of anilines is 1. The number of rotatable bonds is 3. The van der Waals surface area contributed by atoms with Gasteiger partial charge in [-0.15, -0.1) is 0 Å². The van der Waals surface area contributed by atoms with Gasteiger partial charge in [-0.2, -0.15) is 0 Å². The fraction of sp³-hybridized carbons (Fsp3) is 0.500. The summed E-state index contributed by atoms with van der Waals surface area (Å²) in [4.78, 5) is 0. The van der Waals surface area contributed by atoms with Gasteiger partial charge in [0.1, 0.15) is 5.82 Å². The second-order valence-electron chi connectivity index (χ2n) is 4.11. The molecular formula is C12H14BrClFNO. The van der Waals surface area contributed by atoms with Crippen LogP contribution in [-0.4, -0.2) is 19.3 Å². The Morgan fingerprint density at radius 1 is 1.47 bits per heavy atom. The molecule has 5 heteroatoms. The Labute approximate surface area is 114 Å². The van der Waals surface area contributed by atoms with Crippen LogP contribution in [-0.2, 0) is 4.74 Å². The lowest BCUT2D eigenvalue weighted by Gasteiger charge is -2.23. The summed E-state index contributed by atoms with van der Waals surface area (Å²) in [5.41, 5.74) is 0.724. The molecular weight excluding hydrogens is 308 g/mol. The van der Waals surface area contributed by atoms with Gasteiger partial charge in [0.25, 0.3) is 0 Å². The lowest BCUT2D eigenvalue weighted by Crippen LogP contribution is -2.27. The molecule has 0 bridgehead atoms. The Hall–Kier alpha value is -0.320. The van der Waals surface area contributed by atoms with Crippen molar-refractivity contribution in [3.8, 4) is 0 Å². The number of hydrogen-bond donors (Lipinski definition) is 1. The zero-order chi connectivity index (χ0) is 12.3. The Morgan fingerprint density at radius 3 is 2.94 bits per heavy atom. The second kappa shape index (κ2) is 6.03. The van der Waals surface area contributed by atoms with Gasteiger partial charge >= 0.3 is 0 Å². The summed E-state index contributed by atoms with van der Waals surface area (Å²) in [6, 6.07) is 2.70. The molecule has 0 aliphatic carbocycles. The molecule has 0 saturated carbocycles. The van der Waals surface area contributed by atoms with Gasteiger partial charge in [0, 0.05) is 17.6 Å². The van der Waals surface area contributed by atoms with Gasteiger partial charge in [0.2, 0.25) is 0 Å². The maximum absolute atomic E-state index is 13.0. The standard InChI is InChI=1S/C12H14BrClFNO/c13-10-5-8(15)6-11(14)12(10)16-7-9-3-1-2-4-17-9/h5-6,9,16H,1-4,7H2. The maximum atomic E-state index is 13.0. The number of halogens is 3. The predicted octanol–water partition coefficient (Wildman–Crippen LogP) is 4.22. The van der Waals surface area contributed by atoms with Crippen LogP contribution in [0.4, 0.5) is 10.1 Å². The first-order chi connectivity index (χ1) is 8.16. The van der Waals surface area contributed by atoms with E-state index in [4.69, 9.17) is 16.3 Å². The Bertz CT molecular complexity index is 373. The molecule has 2 rings (SSSR count). The Morgan fingerprint density at radius 2 is 2.29 bits per heavy atom. The lowest BCUT2D eigenvalue weighted by atomic mass is 10.1. The minimum absolute atomic E-state index is 0.219. The van der Waals surface area contributed by atoms with Crippen molar-refractivity contribution in [2.45, 2.75) is 25.4 Å². The molecule has 94 valence electrons. The molecule has 1 atom stereocenters. The lowest BCUT2D eigenvalue weighted by molar-refractivity contribution is 0.0247. The molecule has 17 heavy (non-hydrogen) atoms. The van der Waals surface area contributed by atoms with Crippen LogP contribution in [0.1, 0.15) is 19.3 Å². The van der Waals surface area contributed by atoms with E-state index in [2.05, 4.69) is 21.2 Å². The first kappa shape index (κ1) is 13.1. The molecule has 1 fully saturated rings.